The van der Waals surface area contributed by atoms with Crippen LogP contribution in [-0.2, 0) is 17.8 Å². The van der Waals surface area contributed by atoms with E-state index < -0.39 is 23.8 Å². The smallest absolute Gasteiger partial charge is 0.361 e. The molecule has 7 nitrogen and oxygen atoms in total. The maximum Gasteiger partial charge on any atom is 0.361 e. The molecule has 9 heteroatoms. The van der Waals surface area contributed by atoms with Crippen molar-refractivity contribution in [1.82, 2.24) is 24.5 Å². The second-order valence-electron chi connectivity index (χ2n) is 4.22. The summed E-state index contributed by atoms with van der Waals surface area (Å²) in [6, 6.07) is 0. The molecule has 2 aromatic rings. The summed E-state index contributed by atoms with van der Waals surface area (Å²) in [6.07, 6.45) is 2.77. The van der Waals surface area contributed by atoms with Gasteiger partial charge in [-0.3, -0.25) is 0 Å². The van der Waals surface area contributed by atoms with Gasteiger partial charge in [0.05, 0.1) is 12.9 Å². The largest absolute Gasteiger partial charge is 0.461 e. The van der Waals surface area contributed by atoms with Crippen LogP contribution in [0.25, 0.3) is 0 Å². The Morgan fingerprint density at radius 2 is 2.24 bits per heavy atom. The SMILES string of the molecule is CCOC(=O)c1nnn(CCCn2ccnc2)c1C(F)F. The van der Waals surface area contributed by atoms with Gasteiger partial charge in [0.25, 0.3) is 6.43 Å². The summed E-state index contributed by atoms with van der Waals surface area (Å²) >= 11 is 0. The second kappa shape index (κ2) is 6.91. The molecule has 0 aliphatic carbocycles. The molecular weight excluding hydrogens is 284 g/mol. The Labute approximate surface area is 119 Å². The lowest BCUT2D eigenvalue weighted by molar-refractivity contribution is 0.0506. The Hall–Kier alpha value is -2.32. The molecule has 21 heavy (non-hydrogen) atoms. The quantitative estimate of drug-likeness (QED) is 0.727. The normalized spacial score (nSPS) is 11.0. The van der Waals surface area contributed by atoms with Gasteiger partial charge in [0, 0.05) is 25.5 Å². The topological polar surface area (TPSA) is 74.8 Å². The number of halogens is 2. The average molecular weight is 299 g/mol. The van der Waals surface area contributed by atoms with Crippen molar-refractivity contribution in [3.8, 4) is 0 Å². The van der Waals surface area contributed by atoms with E-state index >= 15 is 0 Å². The lowest BCUT2D eigenvalue weighted by atomic mass is 10.3. The van der Waals surface area contributed by atoms with Crippen molar-refractivity contribution >= 4 is 5.97 Å². The summed E-state index contributed by atoms with van der Waals surface area (Å²) < 4.78 is 33.8. The van der Waals surface area contributed by atoms with Crippen LogP contribution in [0.5, 0.6) is 0 Å². The highest BCUT2D eigenvalue weighted by Gasteiger charge is 2.27. The van der Waals surface area contributed by atoms with Gasteiger partial charge in [-0.2, -0.15) is 0 Å². The molecule has 0 saturated heterocycles. The molecule has 0 spiro atoms. The Morgan fingerprint density at radius 1 is 1.43 bits per heavy atom. The number of alkyl halides is 2. The van der Waals surface area contributed by atoms with Crippen LogP contribution in [0.3, 0.4) is 0 Å². The predicted octanol–water partition coefficient (Wildman–Crippen LogP) is 1.68. The number of aromatic nitrogens is 5. The summed E-state index contributed by atoms with van der Waals surface area (Å²) in [4.78, 5) is 15.4. The Bertz CT molecular complexity index is 582. The number of carbonyl (C=O) groups is 1. The van der Waals surface area contributed by atoms with Crippen LogP contribution in [0.2, 0.25) is 0 Å². The summed E-state index contributed by atoms with van der Waals surface area (Å²) in [5.74, 6) is -0.881. The van der Waals surface area contributed by atoms with Crippen molar-refractivity contribution in [1.29, 1.82) is 0 Å². The summed E-state index contributed by atoms with van der Waals surface area (Å²) in [5.41, 5.74) is -0.923. The van der Waals surface area contributed by atoms with Gasteiger partial charge in [-0.05, 0) is 13.3 Å². The monoisotopic (exact) mass is 299 g/mol. The van der Waals surface area contributed by atoms with Crippen molar-refractivity contribution < 1.29 is 18.3 Å². The van der Waals surface area contributed by atoms with Crippen molar-refractivity contribution in [2.75, 3.05) is 6.61 Å². The molecule has 0 amide bonds. The van der Waals surface area contributed by atoms with Gasteiger partial charge >= 0.3 is 5.97 Å². The first-order valence-electron chi connectivity index (χ1n) is 6.47. The van der Waals surface area contributed by atoms with Crippen LogP contribution in [0, 0.1) is 0 Å². The van der Waals surface area contributed by atoms with E-state index in [-0.39, 0.29) is 13.2 Å². The molecule has 0 aliphatic heterocycles. The molecule has 0 N–H and O–H groups in total. The summed E-state index contributed by atoms with van der Waals surface area (Å²) in [5, 5.41) is 7.13. The van der Waals surface area contributed by atoms with Gasteiger partial charge in [-0.25, -0.2) is 23.2 Å². The fourth-order valence-electron chi connectivity index (χ4n) is 1.87. The van der Waals surface area contributed by atoms with Crippen molar-refractivity contribution in [2.45, 2.75) is 32.9 Å². The minimum absolute atomic E-state index is 0.0923. The van der Waals surface area contributed by atoms with E-state index in [2.05, 4.69) is 15.3 Å². The molecule has 0 saturated carbocycles. The van der Waals surface area contributed by atoms with Gasteiger partial charge in [-0.1, -0.05) is 5.21 Å². The molecule has 2 rings (SSSR count). The highest BCUT2D eigenvalue weighted by atomic mass is 19.3. The maximum atomic E-state index is 13.1. The van der Waals surface area contributed by atoms with Crippen molar-refractivity contribution in [2.24, 2.45) is 0 Å². The molecule has 0 aliphatic rings. The van der Waals surface area contributed by atoms with Gasteiger partial charge < -0.3 is 9.30 Å². The van der Waals surface area contributed by atoms with E-state index in [4.69, 9.17) is 4.74 Å². The number of esters is 1. The fourth-order valence-corrected chi connectivity index (χ4v) is 1.87. The first kappa shape index (κ1) is 15.1. The van der Waals surface area contributed by atoms with Crippen molar-refractivity contribution in [3.05, 3.63) is 30.1 Å². The number of carbonyl (C=O) groups excluding carboxylic acids is 1. The third-order valence-corrected chi connectivity index (χ3v) is 2.79. The maximum absolute atomic E-state index is 13.1. The van der Waals surface area contributed by atoms with Crippen LogP contribution in [-0.4, -0.2) is 37.1 Å². The standard InChI is InChI=1S/C12H15F2N5O2/c1-2-21-12(20)9-10(11(13)14)19(17-16-9)6-3-5-18-7-4-15-8-18/h4,7-8,11H,2-3,5-6H2,1H3. The molecule has 0 unspecified atom stereocenters. The number of hydrogen-bond acceptors (Lipinski definition) is 5. The number of imidazole rings is 1. The zero-order valence-electron chi connectivity index (χ0n) is 11.4. The van der Waals surface area contributed by atoms with Gasteiger partial charge in [-0.15, -0.1) is 5.10 Å². The zero-order valence-corrected chi connectivity index (χ0v) is 11.4. The predicted molar refractivity (Wildman–Crippen MR) is 67.8 cm³/mol. The highest BCUT2D eigenvalue weighted by Crippen LogP contribution is 2.22. The number of hydrogen-bond donors (Lipinski definition) is 0. The number of ether oxygens (including phenoxy) is 1. The van der Waals surface area contributed by atoms with E-state index in [1.807, 2.05) is 4.57 Å². The first-order chi connectivity index (χ1) is 10.1. The Kier molecular flexibility index (Phi) is 4.96. The lowest BCUT2D eigenvalue weighted by Gasteiger charge is -2.07. The number of nitrogens with zero attached hydrogens (tertiary/aromatic N) is 5. The van der Waals surface area contributed by atoms with Crippen LogP contribution >= 0.6 is 0 Å². The van der Waals surface area contributed by atoms with Crippen LogP contribution < -0.4 is 0 Å². The van der Waals surface area contributed by atoms with Crippen molar-refractivity contribution in [3.63, 3.8) is 0 Å². The van der Waals surface area contributed by atoms with Gasteiger partial charge in [0.1, 0.15) is 5.69 Å². The molecule has 2 aromatic heterocycles. The fraction of sp³-hybridized carbons (Fsp3) is 0.500. The third-order valence-electron chi connectivity index (χ3n) is 2.79. The highest BCUT2D eigenvalue weighted by molar-refractivity contribution is 5.88. The number of rotatable bonds is 7. The van der Waals surface area contributed by atoms with E-state index in [1.54, 1.807) is 25.6 Å². The molecule has 0 bridgehead atoms. The summed E-state index contributed by atoms with van der Waals surface area (Å²) in [6.45, 7) is 2.52. The minimum atomic E-state index is -2.84. The molecule has 0 aromatic carbocycles. The molecule has 0 radical (unpaired) electrons. The van der Waals surface area contributed by atoms with Crippen LogP contribution in [0.1, 0.15) is 36.0 Å². The van der Waals surface area contributed by atoms with Crippen LogP contribution in [0.15, 0.2) is 18.7 Å². The second-order valence-corrected chi connectivity index (χ2v) is 4.22. The molecule has 0 fully saturated rings. The van der Waals surface area contributed by atoms with Gasteiger partial charge in [0.15, 0.2) is 5.69 Å². The Morgan fingerprint density at radius 3 is 2.86 bits per heavy atom. The molecule has 114 valence electrons. The minimum Gasteiger partial charge on any atom is -0.461 e. The van der Waals surface area contributed by atoms with E-state index in [0.29, 0.717) is 13.0 Å². The average Bonchev–Trinajstić information content (AvgIpc) is 3.08. The summed E-state index contributed by atoms with van der Waals surface area (Å²) in [7, 11) is 0. The van der Waals surface area contributed by atoms with Crippen LogP contribution in [0.4, 0.5) is 8.78 Å². The van der Waals surface area contributed by atoms with E-state index in [0.717, 1.165) is 4.68 Å². The first-order valence-corrected chi connectivity index (χ1v) is 6.47. The zero-order chi connectivity index (χ0) is 15.2. The molecule has 0 atom stereocenters. The van der Waals surface area contributed by atoms with E-state index in [1.165, 1.54) is 0 Å². The molecular formula is C12H15F2N5O2. The lowest BCUT2D eigenvalue weighted by Crippen LogP contribution is -2.12. The number of aryl methyl sites for hydroxylation is 2. The third kappa shape index (κ3) is 3.61. The van der Waals surface area contributed by atoms with E-state index in [9.17, 15) is 13.6 Å². The Balaban J connectivity index is 2.06. The van der Waals surface area contributed by atoms with Gasteiger partial charge in [0.2, 0.25) is 0 Å². The molecule has 2 heterocycles.